The van der Waals surface area contributed by atoms with Gasteiger partial charge >= 0.3 is 6.18 Å². The normalized spacial score (nSPS) is 11.6. The van der Waals surface area contributed by atoms with E-state index in [1.165, 1.54) is 47.6 Å². The Morgan fingerprint density at radius 2 is 1.54 bits per heavy atom. The average molecular weight is 384 g/mol. The standard InChI is InChI=1S/C20H12F4N4/c21-15-8-6-14(7-9-15)17-16(13-4-2-1-3-5-13)18(28-11-10-25-12-28)27-19(26-17)20(22,23)24/h1-12H. The number of hydrogen-bond acceptors (Lipinski definition) is 3. The Bertz CT molecular complexity index is 1090. The largest absolute Gasteiger partial charge is 0.451 e. The molecule has 140 valence electrons. The van der Waals surface area contributed by atoms with Crippen LogP contribution < -0.4 is 0 Å². The third-order valence-electron chi connectivity index (χ3n) is 4.07. The van der Waals surface area contributed by atoms with Gasteiger partial charge in [0.25, 0.3) is 0 Å². The van der Waals surface area contributed by atoms with Crippen molar-refractivity contribution in [1.29, 1.82) is 0 Å². The summed E-state index contributed by atoms with van der Waals surface area (Å²) >= 11 is 0. The molecule has 4 rings (SSSR count). The number of alkyl halides is 3. The van der Waals surface area contributed by atoms with E-state index in [1.54, 1.807) is 30.3 Å². The molecule has 8 heteroatoms. The molecule has 4 nitrogen and oxygen atoms in total. The summed E-state index contributed by atoms with van der Waals surface area (Å²) in [6, 6.07) is 14.0. The lowest BCUT2D eigenvalue weighted by Crippen LogP contribution is -2.15. The van der Waals surface area contributed by atoms with Gasteiger partial charge in [-0.2, -0.15) is 13.2 Å². The summed E-state index contributed by atoms with van der Waals surface area (Å²) in [7, 11) is 0. The highest BCUT2D eigenvalue weighted by atomic mass is 19.4. The zero-order valence-corrected chi connectivity index (χ0v) is 14.2. The molecule has 2 aromatic heterocycles. The molecule has 0 aliphatic heterocycles. The summed E-state index contributed by atoms with van der Waals surface area (Å²) in [4.78, 5) is 11.5. The molecule has 0 saturated heterocycles. The zero-order valence-electron chi connectivity index (χ0n) is 14.2. The molecule has 0 aliphatic rings. The Morgan fingerprint density at radius 1 is 0.821 bits per heavy atom. The van der Waals surface area contributed by atoms with Crippen LogP contribution >= 0.6 is 0 Å². The summed E-state index contributed by atoms with van der Waals surface area (Å²) in [6.45, 7) is 0. The Morgan fingerprint density at radius 3 is 2.14 bits per heavy atom. The van der Waals surface area contributed by atoms with Crippen molar-refractivity contribution in [2.45, 2.75) is 6.18 Å². The van der Waals surface area contributed by atoms with Crippen LogP contribution in [0.25, 0.3) is 28.2 Å². The van der Waals surface area contributed by atoms with Crippen molar-refractivity contribution in [3.63, 3.8) is 0 Å². The van der Waals surface area contributed by atoms with Crippen LogP contribution in [-0.2, 0) is 6.18 Å². The van der Waals surface area contributed by atoms with Gasteiger partial charge in [0.1, 0.15) is 12.1 Å². The first-order chi connectivity index (χ1) is 13.4. The van der Waals surface area contributed by atoms with Gasteiger partial charge in [0.05, 0.1) is 11.3 Å². The molecule has 2 heterocycles. The SMILES string of the molecule is Fc1ccc(-c2nc(C(F)(F)F)nc(-n3ccnc3)c2-c2ccccc2)cc1. The van der Waals surface area contributed by atoms with Gasteiger partial charge < -0.3 is 0 Å². The quantitative estimate of drug-likeness (QED) is 0.459. The minimum absolute atomic E-state index is 0.0327. The van der Waals surface area contributed by atoms with Crippen LogP contribution in [0.15, 0.2) is 73.3 Å². The molecule has 28 heavy (non-hydrogen) atoms. The molecule has 0 radical (unpaired) electrons. The first-order valence-corrected chi connectivity index (χ1v) is 8.22. The van der Waals surface area contributed by atoms with Crippen molar-refractivity contribution in [2.24, 2.45) is 0 Å². The fourth-order valence-corrected chi connectivity index (χ4v) is 2.83. The van der Waals surface area contributed by atoms with Crippen LogP contribution in [0.4, 0.5) is 17.6 Å². The number of nitrogens with zero attached hydrogens (tertiary/aromatic N) is 4. The summed E-state index contributed by atoms with van der Waals surface area (Å²) in [5.74, 6) is -1.74. The van der Waals surface area contributed by atoms with Gasteiger partial charge in [0.2, 0.25) is 5.82 Å². The molecule has 0 spiro atoms. The monoisotopic (exact) mass is 384 g/mol. The third kappa shape index (κ3) is 3.36. The number of imidazole rings is 1. The van der Waals surface area contributed by atoms with Gasteiger partial charge in [-0.15, -0.1) is 0 Å². The number of halogens is 4. The van der Waals surface area contributed by atoms with E-state index in [9.17, 15) is 17.6 Å². The topological polar surface area (TPSA) is 43.6 Å². The Balaban J connectivity index is 2.09. The molecule has 0 atom stereocenters. The number of aromatic nitrogens is 4. The lowest BCUT2D eigenvalue weighted by molar-refractivity contribution is -0.144. The first-order valence-electron chi connectivity index (χ1n) is 8.22. The molecule has 4 aromatic rings. The van der Waals surface area contributed by atoms with Gasteiger partial charge in [-0.05, 0) is 29.8 Å². The zero-order chi connectivity index (χ0) is 19.7. The fourth-order valence-electron chi connectivity index (χ4n) is 2.83. The van der Waals surface area contributed by atoms with Crippen LogP contribution in [0.1, 0.15) is 5.82 Å². The highest BCUT2D eigenvalue weighted by Crippen LogP contribution is 2.37. The van der Waals surface area contributed by atoms with Gasteiger partial charge in [0.15, 0.2) is 5.82 Å². The Kier molecular flexibility index (Phi) is 4.38. The first kappa shape index (κ1) is 17.8. The lowest BCUT2D eigenvalue weighted by Gasteiger charge is -2.17. The second-order valence-electron chi connectivity index (χ2n) is 5.94. The van der Waals surface area contributed by atoms with Crippen molar-refractivity contribution < 1.29 is 17.6 Å². The molecule has 0 bridgehead atoms. The molecule has 2 aromatic carbocycles. The second kappa shape index (κ2) is 6.88. The van der Waals surface area contributed by atoms with Crippen molar-refractivity contribution in [2.75, 3.05) is 0 Å². The van der Waals surface area contributed by atoms with Gasteiger partial charge in [-0.3, -0.25) is 4.57 Å². The van der Waals surface area contributed by atoms with Crippen molar-refractivity contribution >= 4 is 0 Å². The lowest BCUT2D eigenvalue weighted by atomic mass is 9.99. The van der Waals surface area contributed by atoms with Crippen LogP contribution in [0, 0.1) is 5.82 Å². The van der Waals surface area contributed by atoms with Gasteiger partial charge in [-0.1, -0.05) is 30.3 Å². The maximum absolute atomic E-state index is 13.5. The van der Waals surface area contributed by atoms with E-state index >= 15 is 0 Å². The number of benzene rings is 2. The van der Waals surface area contributed by atoms with Crippen LogP contribution in [0.5, 0.6) is 0 Å². The molecule has 0 saturated carbocycles. The predicted molar refractivity (Wildman–Crippen MR) is 95.0 cm³/mol. The second-order valence-corrected chi connectivity index (χ2v) is 5.94. The van der Waals surface area contributed by atoms with Crippen LogP contribution in [0.2, 0.25) is 0 Å². The van der Waals surface area contributed by atoms with E-state index in [0.29, 0.717) is 16.7 Å². The maximum Gasteiger partial charge on any atom is 0.451 e. The highest BCUT2D eigenvalue weighted by Gasteiger charge is 2.37. The van der Waals surface area contributed by atoms with E-state index in [4.69, 9.17) is 0 Å². The van der Waals surface area contributed by atoms with Gasteiger partial charge in [0, 0.05) is 18.0 Å². The van der Waals surface area contributed by atoms with Crippen LogP contribution in [0.3, 0.4) is 0 Å². The van der Waals surface area contributed by atoms with Gasteiger partial charge in [-0.25, -0.2) is 19.3 Å². The van der Waals surface area contributed by atoms with E-state index in [1.807, 2.05) is 0 Å². The summed E-state index contributed by atoms with van der Waals surface area (Å²) in [5, 5.41) is 0. The molecule has 0 fully saturated rings. The highest BCUT2D eigenvalue weighted by molar-refractivity contribution is 5.85. The minimum atomic E-state index is -4.75. The fraction of sp³-hybridized carbons (Fsp3) is 0.0500. The smallest absolute Gasteiger partial charge is 0.290 e. The van der Waals surface area contributed by atoms with Crippen molar-refractivity contribution in [3.8, 4) is 28.2 Å². The molecule has 0 amide bonds. The number of hydrogen-bond donors (Lipinski definition) is 0. The molecule has 0 aliphatic carbocycles. The van der Waals surface area contributed by atoms with Crippen LogP contribution in [-0.4, -0.2) is 19.5 Å². The predicted octanol–water partition coefficient (Wildman–Crippen LogP) is 5.15. The van der Waals surface area contributed by atoms with E-state index in [0.717, 1.165) is 0 Å². The molecule has 0 unspecified atom stereocenters. The summed E-state index contributed by atoms with van der Waals surface area (Å²) in [6.07, 6.45) is -0.437. The summed E-state index contributed by atoms with van der Waals surface area (Å²) < 4.78 is 55.2. The molecule has 0 N–H and O–H groups in total. The average Bonchev–Trinajstić information content (AvgIpc) is 3.22. The summed E-state index contributed by atoms with van der Waals surface area (Å²) in [5.41, 5.74) is 1.41. The maximum atomic E-state index is 13.5. The molecular formula is C20H12F4N4. The van der Waals surface area contributed by atoms with E-state index in [-0.39, 0.29) is 11.5 Å². The van der Waals surface area contributed by atoms with E-state index < -0.39 is 17.8 Å². The van der Waals surface area contributed by atoms with Crippen molar-refractivity contribution in [3.05, 3.63) is 85.0 Å². The van der Waals surface area contributed by atoms with E-state index in [2.05, 4.69) is 15.0 Å². The Labute approximate surface area is 157 Å². The Hall–Kier alpha value is -3.55. The number of rotatable bonds is 3. The minimum Gasteiger partial charge on any atom is -0.290 e. The molecular weight excluding hydrogens is 372 g/mol. The van der Waals surface area contributed by atoms with Crippen molar-refractivity contribution in [1.82, 2.24) is 19.5 Å². The third-order valence-corrected chi connectivity index (χ3v) is 4.07.